The van der Waals surface area contributed by atoms with Gasteiger partial charge >= 0.3 is 5.97 Å². The monoisotopic (exact) mass is 268 g/mol. The van der Waals surface area contributed by atoms with Crippen molar-refractivity contribution >= 4 is 22.8 Å². The Morgan fingerprint density at radius 2 is 2.00 bits per heavy atom. The van der Waals surface area contributed by atoms with E-state index in [9.17, 15) is 14.7 Å². The van der Waals surface area contributed by atoms with Gasteiger partial charge in [-0.2, -0.15) is 0 Å². The predicted octanol–water partition coefficient (Wildman–Crippen LogP) is 1.93. The Bertz CT molecular complexity index is 391. The van der Waals surface area contributed by atoms with Gasteiger partial charge in [-0.05, 0) is 12.0 Å². The van der Waals surface area contributed by atoms with Crippen molar-refractivity contribution in [3.05, 3.63) is 35.9 Å². The van der Waals surface area contributed by atoms with Gasteiger partial charge in [-0.15, -0.1) is 0 Å². The van der Waals surface area contributed by atoms with Gasteiger partial charge in [0.25, 0.3) is 0 Å². The fourth-order valence-corrected chi connectivity index (χ4v) is 2.06. The van der Waals surface area contributed by atoms with Gasteiger partial charge in [-0.3, -0.25) is 9.59 Å². The molecule has 0 spiro atoms. The minimum atomic E-state index is -1.09. The highest BCUT2D eigenvalue weighted by Gasteiger charge is 2.16. The van der Waals surface area contributed by atoms with Crippen LogP contribution in [0.3, 0.4) is 0 Å². The highest BCUT2D eigenvalue weighted by Crippen LogP contribution is 2.20. The fraction of sp³-hybridized carbons (Fsp3) is 0.385. The lowest BCUT2D eigenvalue weighted by Crippen LogP contribution is -2.09. The number of thioether (sulfide) groups is 1. The van der Waals surface area contributed by atoms with E-state index in [2.05, 4.69) is 0 Å². The van der Waals surface area contributed by atoms with Gasteiger partial charge in [-0.25, -0.2) is 0 Å². The van der Waals surface area contributed by atoms with Crippen molar-refractivity contribution in [1.29, 1.82) is 0 Å². The number of aliphatic hydroxyl groups is 1. The number of aliphatic hydroxyl groups excluding tert-OH is 1. The summed E-state index contributed by atoms with van der Waals surface area (Å²) in [6, 6.07) is 8.80. The quantitative estimate of drug-likeness (QED) is 0.631. The SMILES string of the molecule is CC(=O)OCCCSC(=O)C(O)c1ccccc1. The van der Waals surface area contributed by atoms with Crippen LogP contribution in [0.25, 0.3) is 0 Å². The van der Waals surface area contributed by atoms with Crippen LogP contribution in [0.2, 0.25) is 0 Å². The molecule has 0 aliphatic rings. The second-order valence-electron chi connectivity index (χ2n) is 3.67. The third-order valence-electron chi connectivity index (χ3n) is 2.18. The zero-order chi connectivity index (χ0) is 13.4. The molecule has 0 aliphatic heterocycles. The number of hydrogen-bond donors (Lipinski definition) is 1. The highest BCUT2D eigenvalue weighted by atomic mass is 32.2. The molecule has 0 aromatic heterocycles. The van der Waals surface area contributed by atoms with E-state index in [1.165, 1.54) is 6.92 Å². The van der Waals surface area contributed by atoms with E-state index < -0.39 is 6.10 Å². The number of hydrogen-bond acceptors (Lipinski definition) is 5. The van der Waals surface area contributed by atoms with Crippen molar-refractivity contribution in [2.24, 2.45) is 0 Å². The Balaban J connectivity index is 2.26. The van der Waals surface area contributed by atoms with Gasteiger partial charge in [0.15, 0.2) is 0 Å². The number of esters is 1. The van der Waals surface area contributed by atoms with Crippen molar-refractivity contribution in [3.63, 3.8) is 0 Å². The molecule has 0 heterocycles. The zero-order valence-electron chi connectivity index (χ0n) is 10.2. The molecule has 0 saturated carbocycles. The van der Waals surface area contributed by atoms with Gasteiger partial charge in [-0.1, -0.05) is 42.1 Å². The van der Waals surface area contributed by atoms with Crippen molar-refractivity contribution < 1.29 is 19.4 Å². The topological polar surface area (TPSA) is 63.6 Å². The van der Waals surface area contributed by atoms with Gasteiger partial charge in [0.2, 0.25) is 5.12 Å². The van der Waals surface area contributed by atoms with Crippen LogP contribution in [0.1, 0.15) is 25.0 Å². The Labute approximate surface area is 110 Å². The van der Waals surface area contributed by atoms with Gasteiger partial charge < -0.3 is 9.84 Å². The lowest BCUT2D eigenvalue weighted by atomic mass is 10.1. The van der Waals surface area contributed by atoms with Crippen molar-refractivity contribution in [3.8, 4) is 0 Å². The zero-order valence-corrected chi connectivity index (χ0v) is 11.0. The van der Waals surface area contributed by atoms with E-state index in [0.717, 1.165) is 11.8 Å². The fourth-order valence-electron chi connectivity index (χ4n) is 1.30. The summed E-state index contributed by atoms with van der Waals surface area (Å²) in [7, 11) is 0. The van der Waals surface area contributed by atoms with Gasteiger partial charge in [0.1, 0.15) is 6.10 Å². The van der Waals surface area contributed by atoms with Crippen LogP contribution in [0, 0.1) is 0 Å². The van der Waals surface area contributed by atoms with E-state index in [0.29, 0.717) is 24.3 Å². The molecule has 0 amide bonds. The molecule has 18 heavy (non-hydrogen) atoms. The van der Waals surface area contributed by atoms with Crippen LogP contribution in [0.15, 0.2) is 30.3 Å². The Kier molecular flexibility index (Phi) is 6.46. The minimum absolute atomic E-state index is 0.288. The summed E-state index contributed by atoms with van der Waals surface area (Å²) in [5, 5.41) is 9.49. The van der Waals surface area contributed by atoms with Crippen LogP contribution in [0.4, 0.5) is 0 Å². The molecule has 1 aromatic rings. The van der Waals surface area contributed by atoms with Gasteiger partial charge in [0, 0.05) is 12.7 Å². The van der Waals surface area contributed by atoms with E-state index in [-0.39, 0.29) is 11.1 Å². The first kappa shape index (κ1) is 14.7. The van der Waals surface area contributed by atoms with Crippen molar-refractivity contribution in [2.45, 2.75) is 19.4 Å². The second-order valence-corrected chi connectivity index (χ2v) is 4.77. The van der Waals surface area contributed by atoms with E-state index in [1.54, 1.807) is 24.3 Å². The molecule has 0 saturated heterocycles. The highest BCUT2D eigenvalue weighted by molar-refractivity contribution is 8.13. The second kappa shape index (κ2) is 7.89. The normalized spacial score (nSPS) is 11.9. The van der Waals surface area contributed by atoms with Crippen LogP contribution in [-0.4, -0.2) is 28.6 Å². The first-order valence-electron chi connectivity index (χ1n) is 5.64. The Hall–Kier alpha value is -1.33. The van der Waals surface area contributed by atoms with Crippen molar-refractivity contribution in [2.75, 3.05) is 12.4 Å². The first-order valence-corrected chi connectivity index (χ1v) is 6.63. The Morgan fingerprint density at radius 3 is 2.61 bits per heavy atom. The maximum Gasteiger partial charge on any atom is 0.302 e. The predicted molar refractivity (Wildman–Crippen MR) is 70.1 cm³/mol. The molecular weight excluding hydrogens is 252 g/mol. The molecule has 1 aromatic carbocycles. The lowest BCUT2D eigenvalue weighted by Gasteiger charge is -2.09. The summed E-state index contributed by atoms with van der Waals surface area (Å²) >= 11 is 1.05. The van der Waals surface area contributed by atoms with Crippen LogP contribution in [0.5, 0.6) is 0 Å². The maximum atomic E-state index is 11.6. The number of rotatable bonds is 6. The molecule has 0 fully saturated rings. The molecule has 0 aliphatic carbocycles. The van der Waals surface area contributed by atoms with E-state index in [4.69, 9.17) is 4.74 Å². The molecule has 0 bridgehead atoms. The third kappa shape index (κ3) is 5.33. The lowest BCUT2D eigenvalue weighted by molar-refractivity contribution is -0.140. The van der Waals surface area contributed by atoms with Crippen molar-refractivity contribution in [1.82, 2.24) is 0 Å². The summed E-state index contributed by atoms with van der Waals surface area (Å²) in [6.45, 7) is 1.65. The minimum Gasteiger partial charge on any atom is -0.466 e. The summed E-state index contributed by atoms with van der Waals surface area (Å²) in [5.74, 6) is 0.200. The molecule has 5 heteroatoms. The molecule has 1 unspecified atom stereocenters. The smallest absolute Gasteiger partial charge is 0.302 e. The van der Waals surface area contributed by atoms with Crippen LogP contribution >= 0.6 is 11.8 Å². The number of benzene rings is 1. The average Bonchev–Trinajstić information content (AvgIpc) is 2.38. The van der Waals surface area contributed by atoms with Crippen LogP contribution in [-0.2, 0) is 14.3 Å². The average molecular weight is 268 g/mol. The number of carbonyl (C=O) groups is 2. The molecule has 98 valence electrons. The third-order valence-corrected chi connectivity index (χ3v) is 3.18. The molecule has 0 radical (unpaired) electrons. The largest absolute Gasteiger partial charge is 0.466 e. The number of ether oxygens (including phenoxy) is 1. The maximum absolute atomic E-state index is 11.6. The molecule has 1 atom stereocenters. The van der Waals surface area contributed by atoms with E-state index >= 15 is 0 Å². The molecule has 4 nitrogen and oxygen atoms in total. The van der Waals surface area contributed by atoms with Crippen LogP contribution < -0.4 is 0 Å². The first-order chi connectivity index (χ1) is 8.61. The standard InChI is InChI=1S/C13H16O4S/c1-10(14)17-8-5-9-18-13(16)12(15)11-6-3-2-4-7-11/h2-4,6-7,12,15H,5,8-9H2,1H3. The summed E-state index contributed by atoms with van der Waals surface area (Å²) < 4.78 is 4.74. The van der Waals surface area contributed by atoms with Gasteiger partial charge in [0.05, 0.1) is 6.61 Å². The Morgan fingerprint density at radius 1 is 1.33 bits per heavy atom. The summed E-state index contributed by atoms with van der Waals surface area (Å²) in [4.78, 5) is 22.1. The summed E-state index contributed by atoms with van der Waals surface area (Å²) in [6.07, 6.45) is -0.498. The molecule has 1 rings (SSSR count). The van der Waals surface area contributed by atoms with E-state index in [1.807, 2.05) is 6.07 Å². The number of carbonyl (C=O) groups excluding carboxylic acids is 2. The molecular formula is C13H16O4S. The molecule has 1 N–H and O–H groups in total. The summed E-state index contributed by atoms with van der Waals surface area (Å²) in [5.41, 5.74) is 0.593.